The predicted molar refractivity (Wildman–Crippen MR) is 74.8 cm³/mol. The predicted octanol–water partition coefficient (Wildman–Crippen LogP) is 1.60. The fourth-order valence-corrected chi connectivity index (χ4v) is 2.10. The van der Waals surface area contributed by atoms with E-state index in [1.807, 2.05) is 13.8 Å². The van der Waals surface area contributed by atoms with E-state index in [1.165, 1.54) is 6.07 Å². The van der Waals surface area contributed by atoms with Crippen molar-refractivity contribution in [3.8, 4) is 0 Å². The van der Waals surface area contributed by atoms with Crippen LogP contribution < -0.4 is 5.32 Å². The molecule has 0 aliphatic carbocycles. The highest BCUT2D eigenvalue weighted by Crippen LogP contribution is 2.23. The summed E-state index contributed by atoms with van der Waals surface area (Å²) in [6.07, 6.45) is 0. The molecule has 2 aromatic rings. The number of benzene rings is 1. The Morgan fingerprint density at radius 3 is 2.65 bits per heavy atom. The van der Waals surface area contributed by atoms with Gasteiger partial charge in [0, 0.05) is 13.0 Å². The van der Waals surface area contributed by atoms with Crippen LogP contribution in [0.1, 0.15) is 35.9 Å². The summed E-state index contributed by atoms with van der Waals surface area (Å²) in [5.74, 6) is -0.232. The minimum Gasteiger partial charge on any atom is -0.478 e. The summed E-state index contributed by atoms with van der Waals surface area (Å²) in [5, 5.41) is 11.6. The van der Waals surface area contributed by atoms with Gasteiger partial charge in [0.15, 0.2) is 0 Å². The zero-order valence-electron chi connectivity index (χ0n) is 11.7. The molecule has 6 nitrogen and oxygen atoms in total. The number of carbonyl (C=O) groups is 2. The number of hydrogen-bond donors (Lipinski definition) is 2. The monoisotopic (exact) mass is 275 g/mol. The molecule has 106 valence electrons. The molecule has 0 fully saturated rings. The Kier molecular flexibility index (Phi) is 3.74. The second kappa shape index (κ2) is 5.32. The van der Waals surface area contributed by atoms with Gasteiger partial charge in [0.25, 0.3) is 0 Å². The number of carbonyl (C=O) groups excluding carboxylic acids is 1. The third-order valence-corrected chi connectivity index (χ3v) is 3.12. The van der Waals surface area contributed by atoms with E-state index >= 15 is 0 Å². The first kappa shape index (κ1) is 14.0. The SMILES string of the molecule is CNC(=O)Cn1c(C(C)C)nc2ccc(C(=O)O)cc21. The molecular weight excluding hydrogens is 258 g/mol. The lowest BCUT2D eigenvalue weighted by Crippen LogP contribution is -2.24. The number of carboxylic acids is 1. The van der Waals surface area contributed by atoms with Gasteiger partial charge in [-0.05, 0) is 18.2 Å². The fraction of sp³-hybridized carbons (Fsp3) is 0.357. The molecule has 1 heterocycles. The number of aromatic carboxylic acids is 1. The van der Waals surface area contributed by atoms with Crippen LogP contribution in [0.25, 0.3) is 11.0 Å². The smallest absolute Gasteiger partial charge is 0.335 e. The minimum atomic E-state index is -0.995. The van der Waals surface area contributed by atoms with Crippen LogP contribution in [0.5, 0.6) is 0 Å². The van der Waals surface area contributed by atoms with Gasteiger partial charge in [-0.25, -0.2) is 9.78 Å². The molecule has 0 atom stereocenters. The maximum absolute atomic E-state index is 11.6. The van der Waals surface area contributed by atoms with Gasteiger partial charge in [0.05, 0.1) is 16.6 Å². The van der Waals surface area contributed by atoms with Gasteiger partial charge >= 0.3 is 5.97 Å². The van der Waals surface area contributed by atoms with Crippen LogP contribution >= 0.6 is 0 Å². The summed E-state index contributed by atoms with van der Waals surface area (Å²) in [5.41, 5.74) is 1.55. The summed E-state index contributed by atoms with van der Waals surface area (Å²) in [6.45, 7) is 4.10. The molecule has 0 aliphatic rings. The number of likely N-dealkylation sites (N-methyl/N-ethyl adjacent to an activating group) is 1. The Labute approximate surface area is 116 Å². The number of amides is 1. The first-order valence-electron chi connectivity index (χ1n) is 6.38. The van der Waals surface area contributed by atoms with Gasteiger partial charge in [0.1, 0.15) is 12.4 Å². The molecule has 1 aromatic heterocycles. The summed E-state index contributed by atoms with van der Waals surface area (Å²) in [4.78, 5) is 27.2. The van der Waals surface area contributed by atoms with Gasteiger partial charge in [-0.3, -0.25) is 4.79 Å². The molecule has 0 aliphatic heterocycles. The fourth-order valence-electron chi connectivity index (χ4n) is 2.10. The number of fused-ring (bicyclic) bond motifs is 1. The highest BCUT2D eigenvalue weighted by atomic mass is 16.4. The lowest BCUT2D eigenvalue weighted by molar-refractivity contribution is -0.121. The maximum Gasteiger partial charge on any atom is 0.335 e. The lowest BCUT2D eigenvalue weighted by atomic mass is 10.2. The Morgan fingerprint density at radius 1 is 1.40 bits per heavy atom. The molecule has 1 amide bonds. The van der Waals surface area contributed by atoms with Crippen LogP contribution in [0.15, 0.2) is 18.2 Å². The molecule has 0 saturated heterocycles. The van der Waals surface area contributed by atoms with Gasteiger partial charge in [-0.2, -0.15) is 0 Å². The van der Waals surface area contributed by atoms with E-state index in [0.29, 0.717) is 11.0 Å². The molecule has 1 aromatic carbocycles. The zero-order valence-corrected chi connectivity index (χ0v) is 11.7. The minimum absolute atomic E-state index is 0.129. The van der Waals surface area contributed by atoms with Crippen molar-refractivity contribution >= 4 is 22.9 Å². The average Bonchev–Trinajstić information content (AvgIpc) is 2.76. The van der Waals surface area contributed by atoms with Gasteiger partial charge in [-0.15, -0.1) is 0 Å². The first-order chi connectivity index (χ1) is 9.43. The number of carboxylic acid groups (broad SMARTS) is 1. The Hall–Kier alpha value is -2.37. The molecule has 0 unspecified atom stereocenters. The number of nitrogens with one attached hydrogen (secondary N) is 1. The van der Waals surface area contributed by atoms with Crippen molar-refractivity contribution in [2.45, 2.75) is 26.3 Å². The molecule has 0 saturated carbocycles. The van der Waals surface area contributed by atoms with Crippen molar-refractivity contribution in [3.63, 3.8) is 0 Å². The quantitative estimate of drug-likeness (QED) is 0.887. The Bertz CT molecular complexity index is 674. The van der Waals surface area contributed by atoms with E-state index < -0.39 is 5.97 Å². The molecule has 20 heavy (non-hydrogen) atoms. The summed E-state index contributed by atoms with van der Waals surface area (Å²) >= 11 is 0. The second-order valence-electron chi connectivity index (χ2n) is 4.89. The maximum atomic E-state index is 11.6. The number of nitrogens with zero attached hydrogens (tertiary/aromatic N) is 2. The van der Waals surface area contributed by atoms with Crippen molar-refractivity contribution in [1.82, 2.24) is 14.9 Å². The first-order valence-corrected chi connectivity index (χ1v) is 6.38. The van der Waals surface area contributed by atoms with Gasteiger partial charge < -0.3 is 15.0 Å². The third-order valence-electron chi connectivity index (χ3n) is 3.12. The normalized spacial score (nSPS) is 11.0. The van der Waals surface area contributed by atoms with E-state index in [2.05, 4.69) is 10.3 Å². The highest BCUT2D eigenvalue weighted by molar-refractivity contribution is 5.93. The summed E-state index contributed by atoms with van der Waals surface area (Å²) in [6, 6.07) is 4.75. The van der Waals surface area contributed by atoms with Crippen LogP contribution in [-0.4, -0.2) is 33.6 Å². The Balaban J connectivity index is 2.64. The summed E-state index contributed by atoms with van der Waals surface area (Å²) < 4.78 is 1.77. The van der Waals surface area contributed by atoms with Crippen LogP contribution in [0.3, 0.4) is 0 Å². The molecule has 2 N–H and O–H groups in total. The van der Waals surface area contributed by atoms with Crippen LogP contribution in [0.4, 0.5) is 0 Å². The Morgan fingerprint density at radius 2 is 2.10 bits per heavy atom. The number of aromatic nitrogens is 2. The van der Waals surface area contributed by atoms with Gasteiger partial charge in [0.2, 0.25) is 5.91 Å². The van der Waals surface area contributed by atoms with Crippen LogP contribution in [0.2, 0.25) is 0 Å². The van der Waals surface area contributed by atoms with Crippen LogP contribution in [0, 0.1) is 0 Å². The second-order valence-corrected chi connectivity index (χ2v) is 4.89. The highest BCUT2D eigenvalue weighted by Gasteiger charge is 2.17. The van der Waals surface area contributed by atoms with Gasteiger partial charge in [-0.1, -0.05) is 13.8 Å². The van der Waals surface area contributed by atoms with Crippen molar-refractivity contribution in [1.29, 1.82) is 0 Å². The van der Waals surface area contributed by atoms with E-state index in [0.717, 1.165) is 5.82 Å². The largest absolute Gasteiger partial charge is 0.478 e. The van der Waals surface area contributed by atoms with E-state index in [-0.39, 0.29) is 23.9 Å². The third kappa shape index (κ3) is 2.49. The molecular formula is C14H17N3O3. The molecule has 0 spiro atoms. The molecule has 0 bridgehead atoms. The molecule has 2 rings (SSSR count). The zero-order chi connectivity index (χ0) is 14.9. The van der Waals surface area contributed by atoms with E-state index in [1.54, 1.807) is 23.7 Å². The van der Waals surface area contributed by atoms with Crippen LogP contribution in [-0.2, 0) is 11.3 Å². The van der Waals surface area contributed by atoms with Crippen molar-refractivity contribution in [3.05, 3.63) is 29.6 Å². The van der Waals surface area contributed by atoms with E-state index in [4.69, 9.17) is 5.11 Å². The van der Waals surface area contributed by atoms with Crippen molar-refractivity contribution in [2.24, 2.45) is 0 Å². The lowest BCUT2D eigenvalue weighted by Gasteiger charge is -2.10. The van der Waals surface area contributed by atoms with Crippen molar-refractivity contribution in [2.75, 3.05) is 7.05 Å². The number of hydrogen-bond acceptors (Lipinski definition) is 3. The molecule has 0 radical (unpaired) electrons. The average molecular weight is 275 g/mol. The van der Waals surface area contributed by atoms with E-state index in [9.17, 15) is 9.59 Å². The topological polar surface area (TPSA) is 84.2 Å². The number of rotatable bonds is 4. The standard InChI is InChI=1S/C14H17N3O3/c1-8(2)13-16-10-5-4-9(14(19)20)6-11(10)17(13)7-12(18)15-3/h4-6,8H,7H2,1-3H3,(H,15,18)(H,19,20). The number of imidazole rings is 1. The molecule has 6 heteroatoms. The summed E-state index contributed by atoms with van der Waals surface area (Å²) in [7, 11) is 1.57. The van der Waals surface area contributed by atoms with Crippen molar-refractivity contribution < 1.29 is 14.7 Å².